The molecule has 0 aliphatic rings. The minimum atomic E-state index is -4.74. The van der Waals surface area contributed by atoms with Crippen molar-refractivity contribution in [1.82, 2.24) is 19.7 Å². The van der Waals surface area contributed by atoms with Crippen molar-refractivity contribution < 1.29 is 13.2 Å². The molecule has 9 heteroatoms. The molecule has 0 amide bonds. The van der Waals surface area contributed by atoms with E-state index >= 15 is 0 Å². The Kier molecular flexibility index (Phi) is 3.08. The van der Waals surface area contributed by atoms with Crippen LogP contribution in [0, 0.1) is 0 Å². The molecule has 0 saturated heterocycles. The lowest BCUT2D eigenvalue weighted by Crippen LogP contribution is -2.19. The van der Waals surface area contributed by atoms with Gasteiger partial charge in [0.2, 0.25) is 5.82 Å². The first-order chi connectivity index (χ1) is 9.86. The second-order valence-electron chi connectivity index (χ2n) is 4.19. The van der Waals surface area contributed by atoms with E-state index < -0.39 is 17.6 Å². The van der Waals surface area contributed by atoms with Crippen molar-refractivity contribution in [3.63, 3.8) is 0 Å². The molecule has 3 rings (SSSR count). The fourth-order valence-corrected chi connectivity index (χ4v) is 2.24. The topological polar surface area (TPSA) is 63.6 Å². The van der Waals surface area contributed by atoms with Gasteiger partial charge in [-0.25, -0.2) is 9.67 Å². The summed E-state index contributed by atoms with van der Waals surface area (Å²) < 4.78 is 40.1. The van der Waals surface area contributed by atoms with E-state index in [0.717, 1.165) is 4.47 Å². The standard InChI is InChI=1S/C12H6BrF3N4O/c13-6-2-1-3-7(4-6)20-9-8(5-17-20)10(21)19-11(18-9)12(14,15)16/h1-5H,(H,18,19,21). The lowest BCUT2D eigenvalue weighted by atomic mass is 10.3. The van der Waals surface area contributed by atoms with Gasteiger partial charge in [0.05, 0.1) is 11.9 Å². The number of alkyl halides is 3. The lowest BCUT2D eigenvalue weighted by molar-refractivity contribution is -0.144. The third kappa shape index (κ3) is 2.44. The summed E-state index contributed by atoms with van der Waals surface area (Å²) in [6, 6.07) is 6.76. The lowest BCUT2D eigenvalue weighted by Gasteiger charge is -2.07. The minimum absolute atomic E-state index is 0.0111. The van der Waals surface area contributed by atoms with E-state index in [4.69, 9.17) is 0 Å². The molecule has 0 spiro atoms. The fraction of sp³-hybridized carbons (Fsp3) is 0.0833. The highest BCUT2D eigenvalue weighted by atomic mass is 79.9. The smallest absolute Gasteiger partial charge is 0.302 e. The molecule has 0 unspecified atom stereocenters. The van der Waals surface area contributed by atoms with Gasteiger partial charge in [-0.2, -0.15) is 18.3 Å². The Hall–Kier alpha value is -2.16. The molecular weight excluding hydrogens is 353 g/mol. The van der Waals surface area contributed by atoms with Gasteiger partial charge in [-0.1, -0.05) is 22.0 Å². The van der Waals surface area contributed by atoms with E-state index in [1.54, 1.807) is 29.2 Å². The highest BCUT2D eigenvalue weighted by Crippen LogP contribution is 2.26. The van der Waals surface area contributed by atoms with Gasteiger partial charge in [0.1, 0.15) is 5.39 Å². The first-order valence-electron chi connectivity index (χ1n) is 5.67. The Morgan fingerprint density at radius 2 is 2.05 bits per heavy atom. The molecule has 1 aromatic carbocycles. The molecule has 0 saturated carbocycles. The number of aromatic nitrogens is 4. The van der Waals surface area contributed by atoms with E-state index in [2.05, 4.69) is 26.0 Å². The van der Waals surface area contributed by atoms with Crippen LogP contribution in [-0.2, 0) is 6.18 Å². The average Bonchev–Trinajstić information content (AvgIpc) is 2.82. The molecule has 3 aromatic rings. The van der Waals surface area contributed by atoms with E-state index in [1.807, 2.05) is 0 Å². The zero-order valence-electron chi connectivity index (χ0n) is 10.1. The van der Waals surface area contributed by atoms with Crippen molar-refractivity contribution in [2.24, 2.45) is 0 Å². The Morgan fingerprint density at radius 3 is 2.71 bits per heavy atom. The number of benzene rings is 1. The highest BCUT2D eigenvalue weighted by molar-refractivity contribution is 9.10. The average molecular weight is 359 g/mol. The maximum absolute atomic E-state index is 12.7. The highest BCUT2D eigenvalue weighted by Gasteiger charge is 2.35. The van der Waals surface area contributed by atoms with E-state index in [9.17, 15) is 18.0 Å². The number of hydrogen-bond donors (Lipinski definition) is 1. The Labute approximate surface area is 123 Å². The summed E-state index contributed by atoms with van der Waals surface area (Å²) in [5.74, 6) is -1.35. The van der Waals surface area contributed by atoms with Crippen LogP contribution >= 0.6 is 15.9 Å². The van der Waals surface area contributed by atoms with E-state index in [-0.39, 0.29) is 11.0 Å². The third-order valence-corrected chi connectivity index (χ3v) is 3.25. The molecule has 2 heterocycles. The van der Waals surface area contributed by atoms with Crippen LogP contribution in [-0.4, -0.2) is 19.7 Å². The molecule has 108 valence electrons. The first kappa shape index (κ1) is 13.8. The SMILES string of the molecule is O=c1[nH]c(C(F)(F)F)nc2c1cnn2-c1cccc(Br)c1. The number of nitrogens with zero attached hydrogens (tertiary/aromatic N) is 3. The monoisotopic (exact) mass is 358 g/mol. The molecule has 0 fully saturated rings. The molecule has 2 aromatic heterocycles. The number of rotatable bonds is 1. The summed E-state index contributed by atoms with van der Waals surface area (Å²) in [6.45, 7) is 0. The summed E-state index contributed by atoms with van der Waals surface area (Å²) >= 11 is 3.26. The summed E-state index contributed by atoms with van der Waals surface area (Å²) in [6.07, 6.45) is -3.55. The number of halogens is 4. The Bertz CT molecular complexity index is 884. The largest absolute Gasteiger partial charge is 0.449 e. The normalized spacial score (nSPS) is 12.0. The van der Waals surface area contributed by atoms with E-state index in [0.29, 0.717) is 5.69 Å². The van der Waals surface area contributed by atoms with Gasteiger partial charge in [0, 0.05) is 4.47 Å². The zero-order chi connectivity index (χ0) is 15.2. The van der Waals surface area contributed by atoms with Crippen molar-refractivity contribution in [2.75, 3.05) is 0 Å². The molecule has 5 nitrogen and oxygen atoms in total. The molecule has 21 heavy (non-hydrogen) atoms. The summed E-state index contributed by atoms with van der Waals surface area (Å²) in [4.78, 5) is 16.9. The molecule has 1 N–H and O–H groups in total. The number of fused-ring (bicyclic) bond motifs is 1. The van der Waals surface area contributed by atoms with Crippen LogP contribution < -0.4 is 5.56 Å². The maximum Gasteiger partial charge on any atom is 0.449 e. The van der Waals surface area contributed by atoms with Crippen molar-refractivity contribution in [2.45, 2.75) is 6.18 Å². The predicted octanol–water partition coefficient (Wildman–Crippen LogP) is 2.89. The third-order valence-electron chi connectivity index (χ3n) is 2.76. The summed E-state index contributed by atoms with van der Waals surface area (Å²) in [5, 5.41) is 3.93. The van der Waals surface area contributed by atoms with Crippen LogP contribution in [0.2, 0.25) is 0 Å². The van der Waals surface area contributed by atoms with Crippen LogP contribution in [0.1, 0.15) is 5.82 Å². The molecular formula is C12H6BrF3N4O. The molecule has 0 aliphatic carbocycles. The zero-order valence-corrected chi connectivity index (χ0v) is 11.7. The predicted molar refractivity (Wildman–Crippen MR) is 72.2 cm³/mol. The Balaban J connectivity index is 2.31. The van der Waals surface area contributed by atoms with Crippen LogP contribution in [0.15, 0.2) is 39.7 Å². The Morgan fingerprint density at radius 1 is 1.29 bits per heavy atom. The molecule has 0 atom stereocenters. The molecule has 0 radical (unpaired) electrons. The van der Waals surface area contributed by atoms with Crippen molar-refractivity contribution in [1.29, 1.82) is 0 Å². The second-order valence-corrected chi connectivity index (χ2v) is 5.10. The van der Waals surface area contributed by atoms with Crippen LogP contribution in [0.25, 0.3) is 16.7 Å². The summed E-state index contributed by atoms with van der Waals surface area (Å²) in [7, 11) is 0. The van der Waals surface area contributed by atoms with Gasteiger partial charge in [0.25, 0.3) is 5.56 Å². The van der Waals surface area contributed by atoms with Crippen molar-refractivity contribution in [3.05, 3.63) is 51.1 Å². The maximum atomic E-state index is 12.7. The summed E-state index contributed by atoms with van der Waals surface area (Å²) in [5.41, 5.74) is -0.539. The van der Waals surface area contributed by atoms with Gasteiger partial charge in [-0.3, -0.25) is 4.79 Å². The molecule has 0 aliphatic heterocycles. The number of nitrogens with one attached hydrogen (secondary N) is 1. The second kappa shape index (κ2) is 4.69. The van der Waals surface area contributed by atoms with Crippen LogP contribution in [0.3, 0.4) is 0 Å². The van der Waals surface area contributed by atoms with Gasteiger partial charge >= 0.3 is 6.18 Å². The van der Waals surface area contributed by atoms with Gasteiger partial charge in [0.15, 0.2) is 5.65 Å². The van der Waals surface area contributed by atoms with E-state index in [1.165, 1.54) is 10.9 Å². The first-order valence-corrected chi connectivity index (χ1v) is 6.47. The van der Waals surface area contributed by atoms with Gasteiger partial charge < -0.3 is 4.98 Å². The van der Waals surface area contributed by atoms with Crippen molar-refractivity contribution >= 4 is 27.0 Å². The van der Waals surface area contributed by atoms with Crippen molar-refractivity contribution in [3.8, 4) is 5.69 Å². The molecule has 0 bridgehead atoms. The quantitative estimate of drug-likeness (QED) is 0.727. The number of hydrogen-bond acceptors (Lipinski definition) is 3. The van der Waals surface area contributed by atoms with Gasteiger partial charge in [-0.15, -0.1) is 0 Å². The number of H-pyrrole nitrogens is 1. The van der Waals surface area contributed by atoms with Crippen LogP contribution in [0.5, 0.6) is 0 Å². The van der Waals surface area contributed by atoms with Crippen LogP contribution in [0.4, 0.5) is 13.2 Å². The fourth-order valence-electron chi connectivity index (χ4n) is 1.85. The minimum Gasteiger partial charge on any atom is -0.302 e. The number of aromatic amines is 1. The van der Waals surface area contributed by atoms with Gasteiger partial charge in [-0.05, 0) is 18.2 Å².